The van der Waals surface area contributed by atoms with Crippen LogP contribution in [0.25, 0.3) is 22.2 Å². The number of fused-ring (bicyclic) bond motifs is 1. The number of anilines is 1. The molecular weight excluding hydrogens is 504 g/mol. The van der Waals surface area contributed by atoms with E-state index in [0.29, 0.717) is 23.9 Å². The van der Waals surface area contributed by atoms with Gasteiger partial charge in [0.15, 0.2) is 0 Å². The Balaban J connectivity index is 1.36. The van der Waals surface area contributed by atoms with E-state index in [-0.39, 0.29) is 12.0 Å². The molecule has 9 nitrogen and oxygen atoms in total. The van der Waals surface area contributed by atoms with Crippen molar-refractivity contribution < 1.29 is 14.3 Å². The summed E-state index contributed by atoms with van der Waals surface area (Å²) in [5.41, 5.74) is 4.17. The fourth-order valence-electron chi connectivity index (χ4n) is 4.88. The first-order valence-electron chi connectivity index (χ1n) is 14.1. The molecule has 1 amide bonds. The molecule has 1 saturated carbocycles. The highest BCUT2D eigenvalue weighted by molar-refractivity contribution is 5.96. The molecule has 40 heavy (non-hydrogen) atoms. The average Bonchev–Trinajstić information content (AvgIpc) is 3.54. The van der Waals surface area contributed by atoms with Crippen LogP contribution in [0.15, 0.2) is 55.1 Å². The standard InChI is InChI=1S/C31H36N6O3/c1-21(2)22(3)40-31(38)35-24-11-9-23(10-12-24)30-28(18-32)27-14-13-26(17-29(27)37(30)25-7-6-8-25)39-16-5-4-15-36-20-33-19-34-36/h9-14,17,19-22,25H,4-8,15-16H2,1-3H3,(H,35,38). The van der Waals surface area contributed by atoms with Gasteiger partial charge in [0, 0.05) is 29.7 Å². The van der Waals surface area contributed by atoms with Gasteiger partial charge in [-0.3, -0.25) is 10.00 Å². The van der Waals surface area contributed by atoms with Gasteiger partial charge in [-0.2, -0.15) is 10.4 Å². The maximum absolute atomic E-state index is 12.3. The van der Waals surface area contributed by atoms with E-state index in [1.807, 2.05) is 61.9 Å². The van der Waals surface area contributed by atoms with Crippen molar-refractivity contribution in [3.05, 3.63) is 60.7 Å². The number of carbonyl (C=O) groups is 1. The smallest absolute Gasteiger partial charge is 0.411 e. The molecule has 1 atom stereocenters. The summed E-state index contributed by atoms with van der Waals surface area (Å²) in [6.45, 7) is 7.33. The lowest BCUT2D eigenvalue weighted by Crippen LogP contribution is -2.23. The highest BCUT2D eigenvalue weighted by Gasteiger charge is 2.28. The van der Waals surface area contributed by atoms with Crippen LogP contribution in [0, 0.1) is 17.2 Å². The predicted octanol–water partition coefficient (Wildman–Crippen LogP) is 6.95. The van der Waals surface area contributed by atoms with E-state index in [1.165, 1.54) is 6.42 Å². The summed E-state index contributed by atoms with van der Waals surface area (Å²) < 4.78 is 15.7. The van der Waals surface area contributed by atoms with Gasteiger partial charge in [-0.15, -0.1) is 0 Å². The number of amides is 1. The van der Waals surface area contributed by atoms with Crippen LogP contribution in [0.4, 0.5) is 10.5 Å². The molecule has 9 heteroatoms. The Hall–Kier alpha value is -4.32. The van der Waals surface area contributed by atoms with Gasteiger partial charge in [0.25, 0.3) is 0 Å². The van der Waals surface area contributed by atoms with Crippen LogP contribution in [0.3, 0.4) is 0 Å². The third-order valence-corrected chi connectivity index (χ3v) is 7.68. The van der Waals surface area contributed by atoms with Crippen molar-refractivity contribution in [1.29, 1.82) is 5.26 Å². The molecule has 208 valence electrons. The van der Waals surface area contributed by atoms with Gasteiger partial charge in [0.1, 0.15) is 30.6 Å². The molecule has 1 aliphatic carbocycles. The Labute approximate surface area is 234 Å². The topological polar surface area (TPSA) is 107 Å². The highest BCUT2D eigenvalue weighted by atomic mass is 16.6. The first-order valence-corrected chi connectivity index (χ1v) is 14.1. The molecule has 0 spiro atoms. The molecule has 2 aromatic carbocycles. The molecule has 1 fully saturated rings. The second kappa shape index (κ2) is 12.2. The van der Waals surface area contributed by atoms with Crippen LogP contribution < -0.4 is 10.1 Å². The second-order valence-electron chi connectivity index (χ2n) is 10.7. The molecule has 2 aromatic heterocycles. The maximum Gasteiger partial charge on any atom is 0.411 e. The highest BCUT2D eigenvalue weighted by Crippen LogP contribution is 2.43. The van der Waals surface area contributed by atoms with Crippen LogP contribution in [0.1, 0.15) is 64.5 Å². The summed E-state index contributed by atoms with van der Waals surface area (Å²) in [4.78, 5) is 16.3. The number of rotatable bonds is 11. The average molecular weight is 541 g/mol. The van der Waals surface area contributed by atoms with E-state index in [9.17, 15) is 10.1 Å². The zero-order valence-electron chi connectivity index (χ0n) is 23.3. The number of benzene rings is 2. The summed E-state index contributed by atoms with van der Waals surface area (Å²) in [6.07, 6.45) is 7.80. The fraction of sp³-hybridized carbons (Fsp3) is 0.419. The molecule has 0 aliphatic heterocycles. The minimum atomic E-state index is -0.471. The van der Waals surface area contributed by atoms with Gasteiger partial charge in [-0.25, -0.2) is 9.78 Å². The van der Waals surface area contributed by atoms with Crippen molar-refractivity contribution in [3.63, 3.8) is 0 Å². The third kappa shape index (κ3) is 5.96. The fourth-order valence-corrected chi connectivity index (χ4v) is 4.88. The van der Waals surface area contributed by atoms with E-state index in [1.54, 1.807) is 12.7 Å². The number of hydrogen-bond donors (Lipinski definition) is 1. The predicted molar refractivity (Wildman–Crippen MR) is 154 cm³/mol. The van der Waals surface area contributed by atoms with E-state index in [4.69, 9.17) is 9.47 Å². The van der Waals surface area contributed by atoms with Crippen LogP contribution in [0.5, 0.6) is 5.75 Å². The Kier molecular flexibility index (Phi) is 8.34. The Morgan fingerprint density at radius 3 is 2.60 bits per heavy atom. The molecule has 0 radical (unpaired) electrons. The lowest BCUT2D eigenvalue weighted by molar-refractivity contribution is 0.0940. The number of aryl methyl sites for hydroxylation is 1. The molecule has 5 rings (SSSR count). The van der Waals surface area contributed by atoms with Gasteiger partial charge in [-0.1, -0.05) is 26.0 Å². The first-order chi connectivity index (χ1) is 19.4. The lowest BCUT2D eigenvalue weighted by atomic mass is 9.92. The van der Waals surface area contributed by atoms with E-state index >= 15 is 0 Å². The van der Waals surface area contributed by atoms with Crippen molar-refractivity contribution in [2.24, 2.45) is 5.92 Å². The van der Waals surface area contributed by atoms with Gasteiger partial charge in [0.2, 0.25) is 0 Å². The molecular formula is C31H36N6O3. The zero-order valence-corrected chi connectivity index (χ0v) is 23.3. The van der Waals surface area contributed by atoms with Gasteiger partial charge < -0.3 is 14.0 Å². The SMILES string of the molecule is CC(C)C(C)OC(=O)Nc1ccc(-c2c(C#N)c3ccc(OCCCCn4cncn4)cc3n2C2CCC2)cc1. The lowest BCUT2D eigenvalue weighted by Gasteiger charge is -2.30. The van der Waals surface area contributed by atoms with Crippen molar-refractivity contribution in [1.82, 2.24) is 19.3 Å². The number of carbonyl (C=O) groups excluding carboxylic acids is 1. The molecule has 0 bridgehead atoms. The molecule has 1 unspecified atom stereocenters. The van der Waals surface area contributed by atoms with Gasteiger partial charge >= 0.3 is 6.09 Å². The summed E-state index contributed by atoms with van der Waals surface area (Å²) in [6, 6.07) is 16.4. The maximum atomic E-state index is 12.3. The summed E-state index contributed by atoms with van der Waals surface area (Å²) in [7, 11) is 0. The van der Waals surface area contributed by atoms with Crippen molar-refractivity contribution in [3.8, 4) is 23.1 Å². The van der Waals surface area contributed by atoms with Crippen LogP contribution >= 0.6 is 0 Å². The number of nitrogens with one attached hydrogen (secondary N) is 1. The van der Waals surface area contributed by atoms with Crippen LogP contribution in [0.2, 0.25) is 0 Å². The normalized spacial score (nSPS) is 14.1. The molecule has 2 heterocycles. The summed E-state index contributed by atoms with van der Waals surface area (Å²) in [5.74, 6) is 1.04. The molecule has 1 N–H and O–H groups in total. The number of nitriles is 1. The summed E-state index contributed by atoms with van der Waals surface area (Å²) in [5, 5.41) is 18.1. The van der Waals surface area contributed by atoms with E-state index < -0.39 is 6.09 Å². The minimum absolute atomic E-state index is 0.177. The molecule has 4 aromatic rings. The first kappa shape index (κ1) is 27.3. The largest absolute Gasteiger partial charge is 0.494 e. The third-order valence-electron chi connectivity index (χ3n) is 7.68. The van der Waals surface area contributed by atoms with Crippen LogP contribution in [-0.4, -0.2) is 38.1 Å². The summed E-state index contributed by atoms with van der Waals surface area (Å²) >= 11 is 0. The minimum Gasteiger partial charge on any atom is -0.494 e. The number of ether oxygens (including phenoxy) is 2. The van der Waals surface area contributed by atoms with Crippen LogP contribution in [-0.2, 0) is 11.3 Å². The number of aromatic nitrogens is 4. The van der Waals surface area contributed by atoms with E-state index in [2.05, 4.69) is 32.1 Å². The number of unbranched alkanes of at least 4 members (excludes halogenated alkanes) is 1. The van der Waals surface area contributed by atoms with Crippen molar-refractivity contribution >= 4 is 22.7 Å². The Morgan fingerprint density at radius 2 is 1.95 bits per heavy atom. The van der Waals surface area contributed by atoms with E-state index in [0.717, 1.165) is 60.1 Å². The molecule has 1 aliphatic rings. The van der Waals surface area contributed by atoms with Gasteiger partial charge in [-0.05, 0) is 74.8 Å². The number of hydrogen-bond acceptors (Lipinski definition) is 6. The van der Waals surface area contributed by atoms with Crippen molar-refractivity contribution in [2.45, 2.75) is 71.6 Å². The quantitative estimate of drug-likeness (QED) is 0.206. The Bertz CT molecular complexity index is 1480. The Morgan fingerprint density at radius 1 is 1.15 bits per heavy atom. The van der Waals surface area contributed by atoms with Gasteiger partial charge in [0.05, 0.1) is 23.4 Å². The molecule has 0 saturated heterocycles. The zero-order chi connectivity index (χ0) is 28.1. The van der Waals surface area contributed by atoms with Crippen molar-refractivity contribution in [2.75, 3.05) is 11.9 Å². The monoisotopic (exact) mass is 540 g/mol. The number of nitrogens with zero attached hydrogens (tertiary/aromatic N) is 5. The second-order valence-corrected chi connectivity index (χ2v) is 10.7.